The van der Waals surface area contributed by atoms with Gasteiger partial charge in [-0.3, -0.25) is 4.90 Å². The SMILES string of the molecule is CC(C)[C@@H](CO)N(Cc1ccccc1)C1(/C=C/C2CC2)COC1. The van der Waals surface area contributed by atoms with Gasteiger partial charge in [0.15, 0.2) is 0 Å². The van der Waals surface area contributed by atoms with E-state index < -0.39 is 0 Å². The van der Waals surface area contributed by atoms with Gasteiger partial charge in [0.1, 0.15) is 0 Å². The Labute approximate surface area is 140 Å². The van der Waals surface area contributed by atoms with Crippen LogP contribution in [-0.2, 0) is 11.3 Å². The van der Waals surface area contributed by atoms with Crippen molar-refractivity contribution in [3.05, 3.63) is 48.0 Å². The molecule has 2 aliphatic rings. The highest BCUT2D eigenvalue weighted by atomic mass is 16.5. The van der Waals surface area contributed by atoms with Crippen molar-refractivity contribution in [1.29, 1.82) is 0 Å². The number of aliphatic hydroxyl groups excluding tert-OH is 1. The van der Waals surface area contributed by atoms with E-state index in [2.05, 4.69) is 61.2 Å². The van der Waals surface area contributed by atoms with Crippen LogP contribution >= 0.6 is 0 Å². The number of nitrogens with zero attached hydrogens (tertiary/aromatic N) is 1. The predicted octanol–water partition coefficient (Wildman–Crippen LogP) is 3.24. The third-order valence-electron chi connectivity index (χ3n) is 5.13. The van der Waals surface area contributed by atoms with Gasteiger partial charge < -0.3 is 9.84 Å². The first-order valence-corrected chi connectivity index (χ1v) is 8.83. The van der Waals surface area contributed by atoms with Crippen molar-refractivity contribution in [3.8, 4) is 0 Å². The summed E-state index contributed by atoms with van der Waals surface area (Å²) in [7, 11) is 0. The molecule has 126 valence electrons. The maximum absolute atomic E-state index is 10.0. The van der Waals surface area contributed by atoms with Crippen molar-refractivity contribution >= 4 is 0 Å². The van der Waals surface area contributed by atoms with Crippen LogP contribution in [0.25, 0.3) is 0 Å². The highest BCUT2D eigenvalue weighted by molar-refractivity contribution is 5.20. The molecule has 1 atom stereocenters. The van der Waals surface area contributed by atoms with E-state index in [1.54, 1.807) is 0 Å². The molecular formula is C20H29NO2. The highest BCUT2D eigenvalue weighted by Gasteiger charge is 2.45. The Morgan fingerprint density at radius 1 is 1.26 bits per heavy atom. The Morgan fingerprint density at radius 3 is 2.43 bits per heavy atom. The highest BCUT2D eigenvalue weighted by Crippen LogP contribution is 2.36. The molecule has 1 aromatic carbocycles. The molecule has 0 amide bonds. The van der Waals surface area contributed by atoms with Crippen LogP contribution in [0.4, 0.5) is 0 Å². The Morgan fingerprint density at radius 2 is 1.96 bits per heavy atom. The number of hydrogen-bond acceptors (Lipinski definition) is 3. The van der Waals surface area contributed by atoms with E-state index >= 15 is 0 Å². The second kappa shape index (κ2) is 7.16. The summed E-state index contributed by atoms with van der Waals surface area (Å²) in [5.41, 5.74) is 1.23. The number of aliphatic hydroxyl groups is 1. The molecule has 1 saturated heterocycles. The van der Waals surface area contributed by atoms with Gasteiger partial charge in [0.2, 0.25) is 0 Å². The first kappa shape index (κ1) is 16.7. The Bertz CT molecular complexity index is 518. The summed E-state index contributed by atoms with van der Waals surface area (Å²) in [5, 5.41) is 10.0. The Kier molecular flexibility index (Phi) is 5.20. The van der Waals surface area contributed by atoms with Crippen LogP contribution in [0.15, 0.2) is 42.5 Å². The molecule has 23 heavy (non-hydrogen) atoms. The summed E-state index contributed by atoms with van der Waals surface area (Å²) in [5.74, 6) is 1.16. The van der Waals surface area contributed by atoms with E-state index in [0.717, 1.165) is 25.7 Å². The van der Waals surface area contributed by atoms with E-state index in [0.29, 0.717) is 5.92 Å². The first-order chi connectivity index (χ1) is 11.1. The third-order valence-corrected chi connectivity index (χ3v) is 5.13. The number of rotatable bonds is 8. The molecule has 3 nitrogen and oxygen atoms in total. The quantitative estimate of drug-likeness (QED) is 0.748. The summed E-state index contributed by atoms with van der Waals surface area (Å²) in [4.78, 5) is 2.47. The standard InChI is InChI=1S/C20H29NO2/c1-16(2)19(13-22)21(12-18-6-4-3-5-7-18)20(14-23-15-20)11-10-17-8-9-17/h3-7,10-11,16-17,19,22H,8-9,12-15H2,1-2H3/b11-10+/t19-/m1/s1. The van der Waals surface area contributed by atoms with Crippen LogP contribution in [0.5, 0.6) is 0 Å². The molecule has 3 rings (SSSR count). The van der Waals surface area contributed by atoms with Gasteiger partial charge in [-0.25, -0.2) is 0 Å². The van der Waals surface area contributed by atoms with E-state index in [1.807, 2.05) is 0 Å². The fourth-order valence-corrected chi connectivity index (χ4v) is 3.33. The van der Waals surface area contributed by atoms with Crippen LogP contribution in [0.3, 0.4) is 0 Å². The third kappa shape index (κ3) is 3.85. The van der Waals surface area contributed by atoms with E-state index in [9.17, 15) is 5.11 Å². The topological polar surface area (TPSA) is 32.7 Å². The zero-order valence-electron chi connectivity index (χ0n) is 14.3. The van der Waals surface area contributed by atoms with Crippen molar-refractivity contribution in [1.82, 2.24) is 4.90 Å². The minimum absolute atomic E-state index is 0.0594. The second-order valence-corrected chi connectivity index (χ2v) is 7.40. The number of allylic oxidation sites excluding steroid dienone is 1. The van der Waals surface area contributed by atoms with Crippen molar-refractivity contribution in [2.45, 2.75) is 44.8 Å². The molecule has 1 aromatic rings. The van der Waals surface area contributed by atoms with Crippen molar-refractivity contribution < 1.29 is 9.84 Å². The van der Waals surface area contributed by atoms with Gasteiger partial charge in [-0.1, -0.05) is 56.3 Å². The minimum atomic E-state index is -0.0594. The van der Waals surface area contributed by atoms with Crippen LogP contribution < -0.4 is 0 Å². The molecule has 1 aliphatic carbocycles. The van der Waals surface area contributed by atoms with Gasteiger partial charge in [0.25, 0.3) is 0 Å². The van der Waals surface area contributed by atoms with Crippen LogP contribution in [0, 0.1) is 11.8 Å². The molecule has 0 radical (unpaired) electrons. The van der Waals surface area contributed by atoms with Crippen molar-refractivity contribution in [2.75, 3.05) is 19.8 Å². The molecule has 2 fully saturated rings. The lowest BCUT2D eigenvalue weighted by atomic mass is 9.88. The molecule has 1 saturated carbocycles. The van der Waals surface area contributed by atoms with Crippen LogP contribution in [0.1, 0.15) is 32.3 Å². The minimum Gasteiger partial charge on any atom is -0.395 e. The summed E-state index contributed by atoms with van der Waals surface area (Å²) in [6.07, 6.45) is 7.37. The summed E-state index contributed by atoms with van der Waals surface area (Å²) < 4.78 is 5.61. The summed E-state index contributed by atoms with van der Waals surface area (Å²) >= 11 is 0. The van der Waals surface area contributed by atoms with E-state index in [-0.39, 0.29) is 18.2 Å². The molecule has 1 heterocycles. The fraction of sp³-hybridized carbons (Fsp3) is 0.600. The monoisotopic (exact) mass is 315 g/mol. The molecule has 1 N–H and O–H groups in total. The molecule has 0 unspecified atom stereocenters. The summed E-state index contributed by atoms with van der Waals surface area (Å²) in [6.45, 7) is 6.87. The molecule has 1 aliphatic heterocycles. The maximum atomic E-state index is 10.0. The van der Waals surface area contributed by atoms with Crippen molar-refractivity contribution in [3.63, 3.8) is 0 Å². The second-order valence-electron chi connectivity index (χ2n) is 7.40. The first-order valence-electron chi connectivity index (χ1n) is 8.83. The lowest BCUT2D eigenvalue weighted by molar-refractivity contribution is -0.141. The average Bonchev–Trinajstić information content (AvgIpc) is 3.31. The zero-order valence-corrected chi connectivity index (χ0v) is 14.3. The molecule has 0 bridgehead atoms. The average molecular weight is 315 g/mol. The zero-order chi connectivity index (χ0) is 16.3. The van der Waals surface area contributed by atoms with E-state index in [4.69, 9.17) is 4.74 Å². The van der Waals surface area contributed by atoms with E-state index in [1.165, 1.54) is 18.4 Å². The number of benzene rings is 1. The molecule has 0 aromatic heterocycles. The maximum Gasteiger partial charge on any atom is 0.0870 e. The Balaban J connectivity index is 1.86. The number of hydrogen-bond donors (Lipinski definition) is 1. The van der Waals surface area contributed by atoms with Gasteiger partial charge in [-0.15, -0.1) is 0 Å². The lowest BCUT2D eigenvalue weighted by Crippen LogP contribution is -2.65. The molecule has 0 spiro atoms. The van der Waals surface area contributed by atoms with Gasteiger partial charge in [-0.05, 0) is 30.2 Å². The smallest absolute Gasteiger partial charge is 0.0870 e. The van der Waals surface area contributed by atoms with Crippen LogP contribution in [0.2, 0.25) is 0 Å². The van der Waals surface area contributed by atoms with Gasteiger partial charge in [-0.2, -0.15) is 0 Å². The normalized spacial score (nSPS) is 21.8. The molecule has 3 heteroatoms. The van der Waals surface area contributed by atoms with Gasteiger partial charge in [0, 0.05) is 12.6 Å². The summed E-state index contributed by atoms with van der Waals surface area (Å²) in [6, 6.07) is 10.7. The molecular weight excluding hydrogens is 286 g/mol. The van der Waals surface area contributed by atoms with Crippen molar-refractivity contribution in [2.24, 2.45) is 11.8 Å². The van der Waals surface area contributed by atoms with Crippen LogP contribution in [-0.4, -0.2) is 41.4 Å². The Hall–Kier alpha value is -1.16. The lowest BCUT2D eigenvalue weighted by Gasteiger charge is -2.52. The largest absolute Gasteiger partial charge is 0.395 e. The predicted molar refractivity (Wildman–Crippen MR) is 93.1 cm³/mol. The van der Waals surface area contributed by atoms with Gasteiger partial charge in [0.05, 0.1) is 25.4 Å². The number of ether oxygens (including phenoxy) is 1. The fourth-order valence-electron chi connectivity index (χ4n) is 3.33. The van der Waals surface area contributed by atoms with Gasteiger partial charge >= 0.3 is 0 Å².